The van der Waals surface area contributed by atoms with Gasteiger partial charge < -0.3 is 10.3 Å². The van der Waals surface area contributed by atoms with Crippen LogP contribution in [0.2, 0.25) is 4.34 Å². The number of rotatable bonds is 4. The summed E-state index contributed by atoms with van der Waals surface area (Å²) in [4.78, 5) is 11.3. The van der Waals surface area contributed by atoms with Crippen LogP contribution < -0.4 is 16.2 Å². The first-order valence-corrected chi connectivity index (χ1v) is 6.12. The normalized spacial score (nSPS) is 10.3. The molecule has 0 bridgehead atoms. The molecule has 17 heavy (non-hydrogen) atoms. The second kappa shape index (κ2) is 5.31. The molecule has 2 aromatic heterocycles. The third-order valence-corrected chi connectivity index (χ3v) is 3.43. The summed E-state index contributed by atoms with van der Waals surface area (Å²) >= 11 is 7.45. The number of thiophene rings is 1. The molecule has 5 nitrogen and oxygen atoms in total. The maximum Gasteiger partial charge on any atom is 0.145 e. The Labute approximate surface area is 108 Å². The van der Waals surface area contributed by atoms with E-state index >= 15 is 0 Å². The first-order valence-electron chi connectivity index (χ1n) is 4.93. The lowest BCUT2D eigenvalue weighted by Crippen LogP contribution is -2.18. The third kappa shape index (κ3) is 3.06. The Hall–Kier alpha value is -1.37. The zero-order valence-electron chi connectivity index (χ0n) is 9.22. The van der Waals surface area contributed by atoms with Crippen LogP contribution in [-0.2, 0) is 6.54 Å². The minimum atomic E-state index is 0.589. The largest absolute Gasteiger partial charge is 0.354 e. The number of halogens is 1. The van der Waals surface area contributed by atoms with Crippen molar-refractivity contribution in [2.75, 3.05) is 17.4 Å². The Balaban J connectivity index is 2.11. The summed E-state index contributed by atoms with van der Waals surface area (Å²) in [6.07, 6.45) is 1.47. The summed E-state index contributed by atoms with van der Waals surface area (Å²) in [6.45, 7) is 0.748. The van der Waals surface area contributed by atoms with E-state index in [0.717, 1.165) is 16.7 Å². The van der Waals surface area contributed by atoms with Gasteiger partial charge in [0.2, 0.25) is 0 Å². The number of anilines is 2. The summed E-state index contributed by atoms with van der Waals surface area (Å²) in [5.74, 6) is 6.69. The first kappa shape index (κ1) is 12.1. The molecule has 0 saturated heterocycles. The monoisotopic (exact) mass is 269 g/mol. The van der Waals surface area contributed by atoms with Crippen molar-refractivity contribution in [2.24, 2.45) is 5.84 Å². The quantitative estimate of drug-likeness (QED) is 0.657. The number of nitrogens with zero attached hydrogens (tertiary/aromatic N) is 3. The number of hydrogen-bond acceptors (Lipinski definition) is 6. The number of nitrogens with two attached hydrogens (primary N) is 1. The van der Waals surface area contributed by atoms with Gasteiger partial charge in [0.15, 0.2) is 0 Å². The predicted molar refractivity (Wildman–Crippen MR) is 71.3 cm³/mol. The minimum Gasteiger partial charge on any atom is -0.354 e. The van der Waals surface area contributed by atoms with Gasteiger partial charge in [0.25, 0.3) is 0 Å². The lowest BCUT2D eigenvalue weighted by molar-refractivity contribution is 0.904. The topological polar surface area (TPSA) is 67.1 Å². The van der Waals surface area contributed by atoms with E-state index < -0.39 is 0 Å². The number of hydrazine groups is 1. The highest BCUT2D eigenvalue weighted by atomic mass is 35.5. The van der Waals surface area contributed by atoms with Crippen LogP contribution in [0.15, 0.2) is 24.5 Å². The molecule has 2 heterocycles. The van der Waals surface area contributed by atoms with E-state index in [0.29, 0.717) is 5.82 Å². The third-order valence-electron chi connectivity index (χ3n) is 2.21. The van der Waals surface area contributed by atoms with Gasteiger partial charge in [-0.3, -0.25) is 0 Å². The zero-order valence-corrected chi connectivity index (χ0v) is 10.8. The summed E-state index contributed by atoms with van der Waals surface area (Å²) in [5.41, 5.74) is 2.49. The summed E-state index contributed by atoms with van der Waals surface area (Å²) < 4.78 is 0.792. The van der Waals surface area contributed by atoms with Crippen LogP contribution in [0.5, 0.6) is 0 Å². The summed E-state index contributed by atoms with van der Waals surface area (Å²) in [6, 6.07) is 5.68. The van der Waals surface area contributed by atoms with Gasteiger partial charge in [-0.25, -0.2) is 15.8 Å². The fourth-order valence-corrected chi connectivity index (χ4v) is 2.53. The Kier molecular flexibility index (Phi) is 3.78. The molecule has 0 radical (unpaired) electrons. The van der Waals surface area contributed by atoms with Crippen LogP contribution >= 0.6 is 22.9 Å². The molecule has 0 atom stereocenters. The van der Waals surface area contributed by atoms with Gasteiger partial charge in [-0.2, -0.15) is 0 Å². The van der Waals surface area contributed by atoms with Gasteiger partial charge in [0, 0.05) is 18.0 Å². The Morgan fingerprint density at radius 2 is 2.29 bits per heavy atom. The van der Waals surface area contributed by atoms with Crippen molar-refractivity contribution in [1.29, 1.82) is 0 Å². The van der Waals surface area contributed by atoms with E-state index in [1.165, 1.54) is 11.2 Å². The number of nitrogens with one attached hydrogen (secondary N) is 1. The van der Waals surface area contributed by atoms with E-state index in [1.54, 1.807) is 17.4 Å². The average Bonchev–Trinajstić information content (AvgIpc) is 2.75. The van der Waals surface area contributed by atoms with E-state index in [2.05, 4.69) is 15.4 Å². The van der Waals surface area contributed by atoms with Crippen molar-refractivity contribution in [3.8, 4) is 0 Å². The molecule has 0 fully saturated rings. The highest BCUT2D eigenvalue weighted by molar-refractivity contribution is 7.16. The summed E-state index contributed by atoms with van der Waals surface area (Å²) in [5, 5.41) is 0. The van der Waals surface area contributed by atoms with Crippen molar-refractivity contribution >= 4 is 34.6 Å². The van der Waals surface area contributed by atoms with Crippen LogP contribution in [0.3, 0.4) is 0 Å². The van der Waals surface area contributed by atoms with Crippen molar-refractivity contribution in [2.45, 2.75) is 6.54 Å². The van der Waals surface area contributed by atoms with Gasteiger partial charge in [-0.05, 0) is 12.1 Å². The highest BCUT2D eigenvalue weighted by Gasteiger charge is 2.06. The maximum absolute atomic E-state index is 5.89. The molecule has 0 spiro atoms. The van der Waals surface area contributed by atoms with Crippen molar-refractivity contribution in [3.05, 3.63) is 33.7 Å². The number of hydrogen-bond donors (Lipinski definition) is 2. The molecule has 0 saturated carbocycles. The molecular weight excluding hydrogens is 258 g/mol. The Morgan fingerprint density at radius 3 is 2.94 bits per heavy atom. The second-order valence-electron chi connectivity index (χ2n) is 3.47. The zero-order chi connectivity index (χ0) is 12.3. The molecule has 2 aromatic rings. The molecule has 0 amide bonds. The van der Waals surface area contributed by atoms with E-state index in [9.17, 15) is 0 Å². The van der Waals surface area contributed by atoms with Gasteiger partial charge in [-0.15, -0.1) is 11.3 Å². The van der Waals surface area contributed by atoms with Crippen LogP contribution in [-0.4, -0.2) is 17.0 Å². The molecule has 2 rings (SSSR count). The van der Waals surface area contributed by atoms with E-state index in [-0.39, 0.29) is 0 Å². The lowest BCUT2D eigenvalue weighted by atomic mass is 10.4. The minimum absolute atomic E-state index is 0.589. The molecular formula is C10H12ClN5S. The van der Waals surface area contributed by atoms with Crippen molar-refractivity contribution < 1.29 is 0 Å². The Morgan fingerprint density at radius 1 is 1.47 bits per heavy atom. The fourth-order valence-electron chi connectivity index (χ4n) is 1.39. The maximum atomic E-state index is 5.89. The van der Waals surface area contributed by atoms with Gasteiger partial charge in [-0.1, -0.05) is 11.6 Å². The molecule has 0 aromatic carbocycles. The van der Waals surface area contributed by atoms with Crippen LogP contribution in [0.25, 0.3) is 0 Å². The second-order valence-corrected chi connectivity index (χ2v) is 5.27. The van der Waals surface area contributed by atoms with Crippen LogP contribution in [0, 0.1) is 0 Å². The molecule has 90 valence electrons. The molecule has 7 heteroatoms. The number of nitrogen functional groups attached to an aromatic ring is 1. The predicted octanol–water partition coefficient (Wildman–Crippen LogP) is 2.11. The number of aromatic nitrogens is 2. The molecule has 0 aliphatic rings. The SMILES string of the molecule is CN(Cc1ccc(Cl)s1)c1cc(NN)ncn1. The van der Waals surface area contributed by atoms with Crippen molar-refractivity contribution in [3.63, 3.8) is 0 Å². The first-order chi connectivity index (χ1) is 8.19. The molecule has 0 unspecified atom stereocenters. The molecule has 0 aliphatic heterocycles. The van der Waals surface area contributed by atoms with Gasteiger partial charge >= 0.3 is 0 Å². The molecule has 0 aliphatic carbocycles. The van der Waals surface area contributed by atoms with Crippen LogP contribution in [0.1, 0.15) is 4.88 Å². The smallest absolute Gasteiger partial charge is 0.145 e. The summed E-state index contributed by atoms with van der Waals surface area (Å²) in [7, 11) is 1.95. The van der Waals surface area contributed by atoms with E-state index in [1.807, 2.05) is 24.1 Å². The van der Waals surface area contributed by atoms with Crippen LogP contribution in [0.4, 0.5) is 11.6 Å². The van der Waals surface area contributed by atoms with Gasteiger partial charge in [0.1, 0.15) is 18.0 Å². The Bertz CT molecular complexity index is 501. The lowest BCUT2D eigenvalue weighted by Gasteiger charge is -2.17. The fraction of sp³-hybridized carbons (Fsp3) is 0.200. The van der Waals surface area contributed by atoms with Gasteiger partial charge in [0.05, 0.1) is 10.9 Å². The van der Waals surface area contributed by atoms with E-state index in [4.69, 9.17) is 17.4 Å². The molecule has 3 N–H and O–H groups in total. The average molecular weight is 270 g/mol. The highest BCUT2D eigenvalue weighted by Crippen LogP contribution is 2.24. The van der Waals surface area contributed by atoms with Crippen molar-refractivity contribution in [1.82, 2.24) is 9.97 Å². The standard InChI is InChI=1S/C10H12ClN5S/c1-16(5-7-2-3-8(11)17-7)10-4-9(15-12)13-6-14-10/h2-4,6H,5,12H2,1H3,(H,13,14,15).